The molecule has 1 aliphatic heterocycles. The fourth-order valence-corrected chi connectivity index (χ4v) is 1.93. The summed E-state index contributed by atoms with van der Waals surface area (Å²) in [6.45, 7) is 4.63. The van der Waals surface area contributed by atoms with Crippen LogP contribution in [0.2, 0.25) is 0 Å². The molecule has 0 atom stereocenters. The van der Waals surface area contributed by atoms with E-state index < -0.39 is 5.97 Å². The molecule has 7 nitrogen and oxygen atoms in total. The monoisotopic (exact) mass is 284 g/mol. The molecule has 20 heavy (non-hydrogen) atoms. The predicted octanol–water partition coefficient (Wildman–Crippen LogP) is -0.275. The van der Waals surface area contributed by atoms with Crippen LogP contribution in [0.15, 0.2) is 11.1 Å². The van der Waals surface area contributed by atoms with Gasteiger partial charge >= 0.3 is 5.97 Å². The van der Waals surface area contributed by atoms with Crippen molar-refractivity contribution in [3.05, 3.63) is 11.1 Å². The number of hydrogen-bond acceptors (Lipinski definition) is 4. The molecule has 1 N–H and O–H groups in total. The number of carbonyl (C=O) groups is 3. The lowest BCUT2D eigenvalue weighted by Gasteiger charge is -2.35. The second kappa shape index (κ2) is 7.04. The SMILES string of the molecule is COCC(=O)N1CCN(C(=O)C(C)=C(C)C(=O)O)CC1. The molecule has 0 aliphatic carbocycles. The van der Waals surface area contributed by atoms with E-state index in [0.717, 1.165) is 0 Å². The van der Waals surface area contributed by atoms with Crippen LogP contribution in [-0.2, 0) is 19.1 Å². The maximum atomic E-state index is 12.1. The lowest BCUT2D eigenvalue weighted by atomic mass is 10.1. The molecule has 0 aromatic carbocycles. The van der Waals surface area contributed by atoms with Crippen LogP contribution in [0.1, 0.15) is 13.8 Å². The van der Waals surface area contributed by atoms with Crippen molar-refractivity contribution in [2.24, 2.45) is 0 Å². The van der Waals surface area contributed by atoms with Gasteiger partial charge in [-0.25, -0.2) is 4.79 Å². The first-order valence-corrected chi connectivity index (χ1v) is 6.35. The molecule has 2 amide bonds. The normalized spacial score (nSPS) is 16.8. The minimum atomic E-state index is -1.09. The number of rotatable bonds is 4. The van der Waals surface area contributed by atoms with Gasteiger partial charge in [0.05, 0.1) is 0 Å². The number of methoxy groups -OCH3 is 1. The zero-order valence-corrected chi connectivity index (χ0v) is 12.0. The Morgan fingerprint density at radius 2 is 1.50 bits per heavy atom. The Morgan fingerprint density at radius 1 is 1.00 bits per heavy atom. The minimum Gasteiger partial charge on any atom is -0.478 e. The van der Waals surface area contributed by atoms with Crippen LogP contribution in [-0.4, -0.2) is 72.6 Å². The average molecular weight is 284 g/mol. The molecule has 1 heterocycles. The number of carboxylic acids is 1. The van der Waals surface area contributed by atoms with E-state index in [1.165, 1.54) is 21.0 Å². The number of amides is 2. The van der Waals surface area contributed by atoms with Crippen molar-refractivity contribution in [3.8, 4) is 0 Å². The van der Waals surface area contributed by atoms with Crippen LogP contribution in [0.4, 0.5) is 0 Å². The van der Waals surface area contributed by atoms with Crippen LogP contribution in [0.5, 0.6) is 0 Å². The molecule has 0 spiro atoms. The molecule has 0 aromatic rings. The minimum absolute atomic E-state index is 0.0327. The maximum Gasteiger partial charge on any atom is 0.331 e. The maximum absolute atomic E-state index is 12.1. The highest BCUT2D eigenvalue weighted by Crippen LogP contribution is 2.11. The van der Waals surface area contributed by atoms with Crippen molar-refractivity contribution in [2.45, 2.75) is 13.8 Å². The molecule has 1 rings (SSSR count). The van der Waals surface area contributed by atoms with Crippen molar-refractivity contribution in [1.29, 1.82) is 0 Å². The van der Waals surface area contributed by atoms with Gasteiger partial charge in [-0.2, -0.15) is 0 Å². The van der Waals surface area contributed by atoms with E-state index in [1.54, 1.807) is 9.80 Å². The highest BCUT2D eigenvalue weighted by Gasteiger charge is 2.25. The Kier molecular flexibility index (Phi) is 5.69. The summed E-state index contributed by atoms with van der Waals surface area (Å²) >= 11 is 0. The molecule has 0 aromatic heterocycles. The van der Waals surface area contributed by atoms with Gasteiger partial charge < -0.3 is 19.6 Å². The molecule has 7 heteroatoms. The smallest absolute Gasteiger partial charge is 0.331 e. The highest BCUT2D eigenvalue weighted by atomic mass is 16.5. The third-order valence-corrected chi connectivity index (χ3v) is 3.39. The van der Waals surface area contributed by atoms with E-state index in [0.29, 0.717) is 26.2 Å². The standard InChI is InChI=1S/C13H20N2O5/c1-9(10(2)13(18)19)12(17)15-6-4-14(5-7-15)11(16)8-20-3/h4-8H2,1-3H3,(H,18,19). The van der Waals surface area contributed by atoms with Gasteiger partial charge in [0.1, 0.15) is 6.61 Å². The van der Waals surface area contributed by atoms with Crippen LogP contribution in [0.3, 0.4) is 0 Å². The Labute approximate surface area is 117 Å². The topological polar surface area (TPSA) is 87.2 Å². The van der Waals surface area contributed by atoms with Gasteiger partial charge in [0.25, 0.3) is 0 Å². The van der Waals surface area contributed by atoms with Gasteiger partial charge in [0.2, 0.25) is 11.8 Å². The van der Waals surface area contributed by atoms with E-state index in [-0.39, 0.29) is 29.6 Å². The van der Waals surface area contributed by atoms with Gasteiger partial charge in [-0.1, -0.05) is 0 Å². The first-order valence-electron chi connectivity index (χ1n) is 6.35. The van der Waals surface area contributed by atoms with Crippen LogP contribution in [0, 0.1) is 0 Å². The number of piperazine rings is 1. The molecular formula is C13H20N2O5. The number of carbonyl (C=O) groups excluding carboxylic acids is 2. The summed E-state index contributed by atoms with van der Waals surface area (Å²) < 4.78 is 4.78. The van der Waals surface area contributed by atoms with Crippen LogP contribution < -0.4 is 0 Å². The van der Waals surface area contributed by atoms with Gasteiger partial charge in [-0.3, -0.25) is 9.59 Å². The number of ether oxygens (including phenoxy) is 1. The molecule has 0 radical (unpaired) electrons. The molecule has 112 valence electrons. The highest BCUT2D eigenvalue weighted by molar-refractivity contribution is 6.01. The summed E-state index contributed by atoms with van der Waals surface area (Å²) in [5.41, 5.74) is 0.280. The van der Waals surface area contributed by atoms with Gasteiger partial charge in [-0.15, -0.1) is 0 Å². The largest absolute Gasteiger partial charge is 0.478 e. The number of carboxylic acid groups (broad SMARTS) is 1. The molecule has 0 unspecified atom stereocenters. The Bertz CT molecular complexity index is 436. The average Bonchev–Trinajstić information content (AvgIpc) is 2.45. The molecule has 0 saturated carbocycles. The van der Waals surface area contributed by atoms with Crippen molar-refractivity contribution < 1.29 is 24.2 Å². The van der Waals surface area contributed by atoms with E-state index in [4.69, 9.17) is 9.84 Å². The van der Waals surface area contributed by atoms with Crippen molar-refractivity contribution in [1.82, 2.24) is 9.80 Å². The third kappa shape index (κ3) is 3.80. The zero-order chi connectivity index (χ0) is 15.3. The summed E-state index contributed by atoms with van der Waals surface area (Å²) in [7, 11) is 1.46. The van der Waals surface area contributed by atoms with Crippen LogP contribution >= 0.6 is 0 Å². The molecule has 1 saturated heterocycles. The predicted molar refractivity (Wildman–Crippen MR) is 71.0 cm³/mol. The van der Waals surface area contributed by atoms with Gasteiger partial charge in [0.15, 0.2) is 0 Å². The molecular weight excluding hydrogens is 264 g/mol. The number of nitrogens with zero attached hydrogens (tertiary/aromatic N) is 2. The summed E-state index contributed by atoms with van der Waals surface area (Å²) in [5.74, 6) is -1.48. The molecule has 0 bridgehead atoms. The Morgan fingerprint density at radius 3 is 1.95 bits per heavy atom. The van der Waals surface area contributed by atoms with Crippen molar-refractivity contribution in [2.75, 3.05) is 39.9 Å². The zero-order valence-electron chi connectivity index (χ0n) is 12.0. The lowest BCUT2D eigenvalue weighted by Crippen LogP contribution is -2.51. The van der Waals surface area contributed by atoms with E-state index in [2.05, 4.69) is 0 Å². The first kappa shape index (κ1) is 16.2. The van der Waals surface area contributed by atoms with Crippen molar-refractivity contribution in [3.63, 3.8) is 0 Å². The van der Waals surface area contributed by atoms with E-state index in [9.17, 15) is 14.4 Å². The first-order chi connectivity index (χ1) is 9.38. The summed E-state index contributed by atoms with van der Waals surface area (Å²) in [6, 6.07) is 0. The Balaban J connectivity index is 2.62. The quantitative estimate of drug-likeness (QED) is 0.718. The fraction of sp³-hybridized carbons (Fsp3) is 0.615. The Hall–Kier alpha value is -1.89. The van der Waals surface area contributed by atoms with E-state index >= 15 is 0 Å². The van der Waals surface area contributed by atoms with E-state index in [1.807, 2.05) is 0 Å². The molecule has 1 aliphatic rings. The second-order valence-corrected chi connectivity index (χ2v) is 4.66. The molecule has 1 fully saturated rings. The third-order valence-electron chi connectivity index (χ3n) is 3.39. The van der Waals surface area contributed by atoms with Gasteiger partial charge in [-0.05, 0) is 13.8 Å². The second-order valence-electron chi connectivity index (χ2n) is 4.66. The summed E-state index contributed by atoms with van der Waals surface area (Å²) in [6.07, 6.45) is 0. The van der Waals surface area contributed by atoms with Crippen molar-refractivity contribution >= 4 is 17.8 Å². The summed E-state index contributed by atoms with van der Waals surface area (Å²) in [5, 5.41) is 8.88. The van der Waals surface area contributed by atoms with Crippen LogP contribution in [0.25, 0.3) is 0 Å². The number of hydrogen-bond donors (Lipinski definition) is 1. The fourth-order valence-electron chi connectivity index (χ4n) is 1.93. The summed E-state index contributed by atoms with van der Waals surface area (Å²) in [4.78, 5) is 37.8. The van der Waals surface area contributed by atoms with Gasteiger partial charge in [0, 0.05) is 44.4 Å². The lowest BCUT2D eigenvalue weighted by molar-refractivity contribution is -0.140. The number of aliphatic carboxylic acids is 1.